The molecule has 3 saturated heterocycles. The van der Waals surface area contributed by atoms with E-state index >= 15 is 4.39 Å². The van der Waals surface area contributed by atoms with Crippen molar-refractivity contribution in [1.82, 2.24) is 25.3 Å². The Bertz CT molecular complexity index is 936. The third-order valence-electron chi connectivity index (χ3n) is 7.39. The quantitative estimate of drug-likeness (QED) is 0.804. The second kappa shape index (κ2) is 8.93. The molecule has 5 nitrogen and oxygen atoms in total. The number of nitrogens with one attached hydrogen (secondary N) is 2. The number of halogens is 1. The van der Waals surface area contributed by atoms with E-state index in [4.69, 9.17) is 2.74 Å². The van der Waals surface area contributed by atoms with Gasteiger partial charge in [0.25, 0.3) is 0 Å². The maximum absolute atomic E-state index is 15.8. The van der Waals surface area contributed by atoms with Crippen molar-refractivity contribution in [2.45, 2.75) is 50.4 Å². The summed E-state index contributed by atoms with van der Waals surface area (Å²) in [5.74, 6) is 0.814. The molecular weight excluding hydrogens is 377 g/mol. The number of benzene rings is 1. The van der Waals surface area contributed by atoms with Crippen molar-refractivity contribution < 1.29 is 7.13 Å². The molecule has 30 heavy (non-hydrogen) atoms. The first-order valence-electron chi connectivity index (χ1n) is 12.9. The highest BCUT2D eigenvalue weighted by Crippen LogP contribution is 2.36. The average Bonchev–Trinajstić information content (AvgIpc) is 3.12. The van der Waals surface area contributed by atoms with E-state index in [1.165, 1.54) is 19.4 Å². The van der Waals surface area contributed by atoms with Crippen molar-refractivity contribution in [3.8, 4) is 0 Å². The van der Waals surface area contributed by atoms with Gasteiger partial charge in [0.05, 0.1) is 5.69 Å². The van der Waals surface area contributed by atoms with Crippen LogP contribution in [0.2, 0.25) is 0 Å². The molecule has 3 aliphatic heterocycles. The van der Waals surface area contributed by atoms with Crippen molar-refractivity contribution in [2.75, 3.05) is 45.8 Å². The standard InChI is InChI=1S/C24H36FN5/c1-29-24-21(23(28-29)19-3-2-10-27-15-19)5-4-20(22(24)25)18-8-13-30(14-9-18)16-17-6-11-26-12-7-17/h4-5,17-19,26-27H,2-3,6-16H2,1H3/i10D,15D. The molecular formula is C24H36FN5. The highest BCUT2D eigenvalue weighted by atomic mass is 19.1. The zero-order chi connectivity index (χ0) is 22.2. The minimum atomic E-state index is -0.573. The molecule has 6 heteroatoms. The lowest BCUT2D eigenvalue weighted by Gasteiger charge is -2.35. The van der Waals surface area contributed by atoms with E-state index in [0.717, 1.165) is 68.0 Å². The van der Waals surface area contributed by atoms with Gasteiger partial charge in [-0.1, -0.05) is 12.1 Å². The zero-order valence-corrected chi connectivity index (χ0v) is 18.0. The zero-order valence-electron chi connectivity index (χ0n) is 20.0. The monoisotopic (exact) mass is 415 g/mol. The maximum atomic E-state index is 15.8. The molecule has 0 spiro atoms. The first-order valence-corrected chi connectivity index (χ1v) is 11.7. The summed E-state index contributed by atoms with van der Waals surface area (Å²) in [6.07, 6.45) is 5.97. The molecule has 3 aliphatic rings. The summed E-state index contributed by atoms with van der Waals surface area (Å²) in [7, 11) is 1.81. The molecule has 3 atom stereocenters. The summed E-state index contributed by atoms with van der Waals surface area (Å²) < 4.78 is 33.6. The van der Waals surface area contributed by atoms with Crippen molar-refractivity contribution in [2.24, 2.45) is 13.0 Å². The van der Waals surface area contributed by atoms with Crippen LogP contribution in [0.25, 0.3) is 10.9 Å². The predicted molar refractivity (Wildman–Crippen MR) is 120 cm³/mol. The molecule has 0 radical (unpaired) electrons. The maximum Gasteiger partial charge on any atom is 0.152 e. The van der Waals surface area contributed by atoms with Gasteiger partial charge in [0.2, 0.25) is 0 Å². The summed E-state index contributed by atoms with van der Waals surface area (Å²) in [6, 6.07) is 4.00. The average molecular weight is 416 g/mol. The number of nitrogens with zero attached hydrogens (tertiary/aromatic N) is 3. The first kappa shape index (κ1) is 18.1. The fraction of sp³-hybridized carbons (Fsp3) is 0.708. The van der Waals surface area contributed by atoms with Gasteiger partial charge in [0, 0.05) is 34.2 Å². The van der Waals surface area contributed by atoms with E-state index in [9.17, 15) is 0 Å². The van der Waals surface area contributed by atoms with Gasteiger partial charge in [-0.2, -0.15) is 5.10 Å². The second-order valence-corrected chi connectivity index (χ2v) is 9.36. The van der Waals surface area contributed by atoms with Crippen LogP contribution in [0.4, 0.5) is 4.39 Å². The molecule has 2 N–H and O–H groups in total. The van der Waals surface area contributed by atoms with Crippen molar-refractivity contribution in [1.29, 1.82) is 0 Å². The molecule has 1 aromatic carbocycles. The summed E-state index contributed by atoms with van der Waals surface area (Å²) in [5, 5.41) is 11.9. The number of aromatic nitrogens is 2. The number of piperidine rings is 3. The van der Waals surface area contributed by atoms with Gasteiger partial charge in [-0.15, -0.1) is 0 Å². The lowest BCUT2D eigenvalue weighted by Crippen LogP contribution is -2.40. The largest absolute Gasteiger partial charge is 0.317 e. The van der Waals surface area contributed by atoms with Crippen LogP contribution >= 0.6 is 0 Å². The predicted octanol–water partition coefficient (Wildman–Crippen LogP) is 3.36. The van der Waals surface area contributed by atoms with Gasteiger partial charge in [-0.3, -0.25) is 4.68 Å². The van der Waals surface area contributed by atoms with E-state index in [1.54, 1.807) is 4.68 Å². The molecule has 3 fully saturated rings. The molecule has 164 valence electrons. The number of aryl methyl sites for hydroxylation is 1. The first-order chi connectivity index (χ1) is 15.5. The Hall–Kier alpha value is -1.50. The van der Waals surface area contributed by atoms with E-state index in [1.807, 2.05) is 19.2 Å². The molecule has 2 aromatic rings. The Morgan fingerprint density at radius 3 is 2.67 bits per heavy atom. The van der Waals surface area contributed by atoms with Crippen molar-refractivity contribution in [3.05, 3.63) is 29.2 Å². The summed E-state index contributed by atoms with van der Waals surface area (Å²) in [4.78, 5) is 2.58. The van der Waals surface area contributed by atoms with Crippen LogP contribution in [0.15, 0.2) is 12.1 Å². The van der Waals surface area contributed by atoms with Gasteiger partial charge in [-0.25, -0.2) is 4.39 Å². The number of hydrogen-bond acceptors (Lipinski definition) is 4. The molecule has 0 amide bonds. The number of hydrogen-bond donors (Lipinski definition) is 2. The van der Waals surface area contributed by atoms with E-state index < -0.39 is 13.0 Å². The van der Waals surface area contributed by atoms with E-state index in [2.05, 4.69) is 20.6 Å². The van der Waals surface area contributed by atoms with Gasteiger partial charge in [0.1, 0.15) is 5.52 Å². The molecule has 4 heterocycles. The van der Waals surface area contributed by atoms with Gasteiger partial charge in [-0.05, 0) is 88.6 Å². The topological polar surface area (TPSA) is 45.1 Å². The summed E-state index contributed by atoms with van der Waals surface area (Å²) >= 11 is 0. The Kier molecular flexibility index (Phi) is 5.39. The molecule has 0 aliphatic carbocycles. The third kappa shape index (κ3) is 4.02. The minimum Gasteiger partial charge on any atom is -0.317 e. The lowest BCUT2D eigenvalue weighted by molar-refractivity contribution is 0.166. The molecule has 0 saturated carbocycles. The van der Waals surface area contributed by atoms with E-state index in [-0.39, 0.29) is 17.7 Å². The summed E-state index contributed by atoms with van der Waals surface area (Å²) in [5.41, 5.74) is 2.18. The van der Waals surface area contributed by atoms with E-state index in [0.29, 0.717) is 11.9 Å². The fourth-order valence-electron chi connectivity index (χ4n) is 5.64. The van der Waals surface area contributed by atoms with Crippen LogP contribution in [0, 0.1) is 11.7 Å². The highest BCUT2D eigenvalue weighted by molar-refractivity contribution is 5.84. The Morgan fingerprint density at radius 1 is 1.10 bits per heavy atom. The summed E-state index contributed by atoms with van der Waals surface area (Å²) in [6.45, 7) is 4.59. The lowest BCUT2D eigenvalue weighted by atomic mass is 9.87. The smallest absolute Gasteiger partial charge is 0.152 e. The number of rotatable bonds is 4. The highest BCUT2D eigenvalue weighted by Gasteiger charge is 2.28. The van der Waals surface area contributed by atoms with Crippen LogP contribution in [0.1, 0.15) is 64.4 Å². The Labute approximate surface area is 182 Å². The third-order valence-corrected chi connectivity index (χ3v) is 7.39. The van der Waals surface area contributed by atoms with Gasteiger partial charge < -0.3 is 15.5 Å². The van der Waals surface area contributed by atoms with Crippen molar-refractivity contribution in [3.63, 3.8) is 0 Å². The van der Waals surface area contributed by atoms with Gasteiger partial charge in [0.15, 0.2) is 5.82 Å². The van der Waals surface area contributed by atoms with Crippen LogP contribution in [-0.4, -0.2) is 60.4 Å². The molecule has 5 rings (SSSR count). The Morgan fingerprint density at radius 2 is 1.90 bits per heavy atom. The molecule has 3 unspecified atom stereocenters. The molecule has 0 bridgehead atoms. The van der Waals surface area contributed by atoms with Gasteiger partial charge >= 0.3 is 0 Å². The number of likely N-dealkylation sites (tertiary alicyclic amines) is 1. The van der Waals surface area contributed by atoms with Crippen LogP contribution in [0.3, 0.4) is 0 Å². The normalized spacial score (nSPS) is 31.1. The SMILES string of the molecule is [2H]C1CCC(c2nn(C)c3c(F)c(C4CCN(CC5CCNCC5)CC4)ccc23)C([2H])N1. The van der Waals surface area contributed by atoms with Crippen LogP contribution < -0.4 is 10.6 Å². The fourth-order valence-corrected chi connectivity index (χ4v) is 5.64. The minimum absolute atomic E-state index is 0.108. The Balaban J connectivity index is 1.31. The van der Waals surface area contributed by atoms with Crippen LogP contribution in [-0.2, 0) is 7.05 Å². The van der Waals surface area contributed by atoms with Crippen LogP contribution in [0.5, 0.6) is 0 Å². The van der Waals surface area contributed by atoms with Crippen molar-refractivity contribution >= 4 is 10.9 Å². The number of fused-ring (bicyclic) bond motifs is 1. The second-order valence-electron chi connectivity index (χ2n) is 9.36. The molecule has 1 aromatic heterocycles.